The van der Waals surface area contributed by atoms with Gasteiger partial charge in [-0.1, -0.05) is 24.3 Å². The van der Waals surface area contributed by atoms with E-state index >= 15 is 0 Å². The van der Waals surface area contributed by atoms with Gasteiger partial charge in [-0.15, -0.1) is 0 Å². The molecular formula is C8H12. The Morgan fingerprint density at radius 2 is 2.38 bits per heavy atom. The maximum atomic E-state index is 7.40. The van der Waals surface area contributed by atoms with Gasteiger partial charge in [0.2, 0.25) is 0 Å². The van der Waals surface area contributed by atoms with E-state index in [1.807, 2.05) is 12.2 Å². The average molecular weight is 110 g/mol. The normalized spacial score (nSPS) is 34.0. The van der Waals surface area contributed by atoms with Crippen molar-refractivity contribution in [2.75, 3.05) is 0 Å². The minimum absolute atomic E-state index is 0.0515. The quantitative estimate of drug-likeness (QED) is 0.449. The molecule has 0 radical (unpaired) electrons. The van der Waals surface area contributed by atoms with Crippen LogP contribution in [0.15, 0.2) is 24.3 Å². The highest BCUT2D eigenvalue weighted by atomic mass is 13.9. The van der Waals surface area contributed by atoms with E-state index < -0.39 is 0 Å². The van der Waals surface area contributed by atoms with Gasteiger partial charge in [0.1, 0.15) is 0 Å². The van der Waals surface area contributed by atoms with Gasteiger partial charge in [0, 0.05) is 1.37 Å². The first-order chi connectivity index (χ1) is 4.79. The Labute approximate surface area is 53.7 Å². The monoisotopic (exact) mass is 110 g/mol. The average Bonchev–Trinajstić information content (AvgIpc) is 1.84. The minimum Gasteiger partial charge on any atom is -0.0845 e. The number of hydrogen-bond donors (Lipinski definition) is 0. The molecule has 1 aliphatic carbocycles. The highest BCUT2D eigenvalue weighted by molar-refractivity contribution is 5.03. The molecule has 1 aliphatic rings. The SMILES string of the molecule is [2H]C1=CC=CC([2H])CCC1. The van der Waals surface area contributed by atoms with E-state index in [0.29, 0.717) is 6.05 Å². The van der Waals surface area contributed by atoms with Gasteiger partial charge in [0.25, 0.3) is 0 Å². The molecule has 0 heterocycles. The van der Waals surface area contributed by atoms with Crippen LogP contribution in [0.3, 0.4) is 0 Å². The van der Waals surface area contributed by atoms with E-state index in [1.165, 1.54) is 0 Å². The van der Waals surface area contributed by atoms with Crippen LogP contribution < -0.4 is 0 Å². The summed E-state index contributed by atoms with van der Waals surface area (Å²) in [5, 5.41) is 0. The van der Waals surface area contributed by atoms with Crippen LogP contribution in [0.2, 0.25) is 0 Å². The number of rotatable bonds is 0. The predicted octanol–water partition coefficient (Wildman–Crippen LogP) is 2.67. The maximum absolute atomic E-state index is 7.40. The summed E-state index contributed by atoms with van der Waals surface area (Å²) >= 11 is 0. The van der Waals surface area contributed by atoms with Crippen molar-refractivity contribution in [3.8, 4) is 0 Å². The molecule has 44 valence electrons. The van der Waals surface area contributed by atoms with Gasteiger partial charge in [0.15, 0.2) is 0 Å². The number of hydrogen-bond acceptors (Lipinski definition) is 0. The maximum Gasteiger partial charge on any atom is 0.0576 e. The topological polar surface area (TPSA) is 0 Å². The molecule has 0 bridgehead atoms. The standard InChI is InChI=1S/C8H12/c1-2-4-6-8-7-5-3-1/h1-4H,5-8H2/i3D,6D. The van der Waals surface area contributed by atoms with Crippen molar-refractivity contribution in [3.63, 3.8) is 0 Å². The summed E-state index contributed by atoms with van der Waals surface area (Å²) in [4.78, 5) is 0. The predicted molar refractivity (Wildman–Crippen MR) is 36.7 cm³/mol. The largest absolute Gasteiger partial charge is 0.0845 e. The van der Waals surface area contributed by atoms with Crippen molar-refractivity contribution in [3.05, 3.63) is 24.3 Å². The van der Waals surface area contributed by atoms with Gasteiger partial charge in [-0.2, -0.15) is 0 Å². The molecule has 0 amide bonds. The molecule has 0 aliphatic heterocycles. The van der Waals surface area contributed by atoms with Crippen LogP contribution in [0.4, 0.5) is 0 Å². The molecule has 8 heavy (non-hydrogen) atoms. The molecule has 1 unspecified atom stereocenters. The molecule has 0 aromatic rings. The van der Waals surface area contributed by atoms with Gasteiger partial charge in [-0.3, -0.25) is 0 Å². The fourth-order valence-corrected chi connectivity index (χ4v) is 0.704. The Kier molecular flexibility index (Phi) is 1.52. The molecule has 0 fully saturated rings. The van der Waals surface area contributed by atoms with Crippen molar-refractivity contribution in [2.24, 2.45) is 0 Å². The van der Waals surface area contributed by atoms with E-state index in [1.54, 1.807) is 6.08 Å². The van der Waals surface area contributed by atoms with Crippen LogP contribution in [0.25, 0.3) is 0 Å². The lowest BCUT2D eigenvalue weighted by Gasteiger charge is -1.94. The highest BCUT2D eigenvalue weighted by Crippen LogP contribution is 2.04. The summed E-state index contributed by atoms with van der Waals surface area (Å²) in [6.07, 6.45) is 8.10. The van der Waals surface area contributed by atoms with Crippen molar-refractivity contribution < 1.29 is 2.74 Å². The molecule has 0 N–H and O–H groups in total. The molecule has 0 heteroatoms. The second kappa shape index (κ2) is 3.48. The van der Waals surface area contributed by atoms with Crippen molar-refractivity contribution >= 4 is 0 Å². The molecule has 1 rings (SSSR count). The zero-order chi connectivity index (χ0) is 7.40. The first-order valence-corrected chi connectivity index (χ1v) is 3.05. The Morgan fingerprint density at radius 3 is 3.38 bits per heavy atom. The molecular weight excluding hydrogens is 96.1 g/mol. The number of allylic oxidation sites excluding steroid dienone is 4. The van der Waals surface area contributed by atoms with Crippen molar-refractivity contribution in [1.82, 2.24) is 0 Å². The van der Waals surface area contributed by atoms with Crippen LogP contribution in [0.5, 0.6) is 0 Å². The van der Waals surface area contributed by atoms with Crippen molar-refractivity contribution in [1.29, 1.82) is 0 Å². The fourth-order valence-electron chi connectivity index (χ4n) is 0.704. The molecule has 0 nitrogen and oxygen atoms in total. The Hall–Kier alpha value is -0.520. The summed E-state index contributed by atoms with van der Waals surface area (Å²) < 4.78 is 14.7. The van der Waals surface area contributed by atoms with Crippen LogP contribution in [-0.4, -0.2) is 0 Å². The third-order valence-corrected chi connectivity index (χ3v) is 1.15. The van der Waals surface area contributed by atoms with Crippen LogP contribution >= 0.6 is 0 Å². The second-order valence-corrected chi connectivity index (χ2v) is 1.88. The summed E-state index contributed by atoms with van der Waals surface area (Å²) in [6.45, 7) is 0. The third-order valence-electron chi connectivity index (χ3n) is 1.15. The summed E-state index contributed by atoms with van der Waals surface area (Å²) in [7, 11) is 0. The fraction of sp³-hybridized carbons (Fsp3) is 0.500. The van der Waals surface area contributed by atoms with Gasteiger partial charge in [-0.25, -0.2) is 0 Å². The van der Waals surface area contributed by atoms with Crippen LogP contribution in [0.1, 0.15) is 28.4 Å². The third kappa shape index (κ3) is 1.97. The van der Waals surface area contributed by atoms with Crippen molar-refractivity contribution in [2.45, 2.75) is 25.7 Å². The first kappa shape index (κ1) is 3.49. The van der Waals surface area contributed by atoms with E-state index in [-0.39, 0.29) is 6.40 Å². The Morgan fingerprint density at radius 1 is 1.38 bits per heavy atom. The van der Waals surface area contributed by atoms with E-state index in [0.717, 1.165) is 19.3 Å². The van der Waals surface area contributed by atoms with E-state index in [9.17, 15) is 0 Å². The highest BCUT2D eigenvalue weighted by Gasteiger charge is 1.84. The molecule has 0 aromatic carbocycles. The lowest BCUT2D eigenvalue weighted by molar-refractivity contribution is 0.758. The van der Waals surface area contributed by atoms with Gasteiger partial charge in [-0.05, 0) is 25.7 Å². The smallest absolute Gasteiger partial charge is 0.0576 e. The molecule has 0 spiro atoms. The van der Waals surface area contributed by atoms with Crippen LogP contribution in [-0.2, 0) is 0 Å². The minimum atomic E-state index is -0.0515. The second-order valence-electron chi connectivity index (χ2n) is 1.88. The molecule has 0 aromatic heterocycles. The Bertz CT molecular complexity index is 159. The zero-order valence-corrected chi connectivity index (χ0v) is 4.93. The summed E-state index contributed by atoms with van der Waals surface area (Å²) in [6, 6.07) is 0.683. The molecule has 0 saturated heterocycles. The lowest BCUT2D eigenvalue weighted by atomic mass is 10.1. The Balaban J connectivity index is 2.55. The van der Waals surface area contributed by atoms with Crippen LogP contribution in [0, 0.1) is 0 Å². The van der Waals surface area contributed by atoms with Gasteiger partial charge >= 0.3 is 0 Å². The van der Waals surface area contributed by atoms with E-state index in [2.05, 4.69) is 0 Å². The van der Waals surface area contributed by atoms with Gasteiger partial charge < -0.3 is 0 Å². The lowest BCUT2D eigenvalue weighted by Crippen LogP contribution is -1.74. The zero-order valence-electron chi connectivity index (χ0n) is 6.93. The molecule has 1 atom stereocenters. The molecule has 0 saturated carbocycles. The first-order valence-electron chi connectivity index (χ1n) is 4.13. The summed E-state index contributed by atoms with van der Waals surface area (Å²) in [5.41, 5.74) is 0. The van der Waals surface area contributed by atoms with Gasteiger partial charge in [0.05, 0.1) is 1.37 Å². The van der Waals surface area contributed by atoms with E-state index in [4.69, 9.17) is 2.74 Å². The summed E-state index contributed by atoms with van der Waals surface area (Å²) in [5.74, 6) is 0.